The lowest BCUT2D eigenvalue weighted by atomic mass is 10.0. The Morgan fingerprint density at radius 1 is 1.32 bits per heavy atom. The Labute approximate surface area is 216 Å². The Morgan fingerprint density at radius 3 is 2.57 bits per heavy atom. The number of benzene rings is 1. The third-order valence-electron chi connectivity index (χ3n) is 5.32. The summed E-state index contributed by atoms with van der Waals surface area (Å²) in [5.41, 5.74) is -2.28. The number of carbonyl (C=O) groups is 1. The van der Waals surface area contributed by atoms with Crippen LogP contribution in [-0.4, -0.2) is 56.5 Å². The summed E-state index contributed by atoms with van der Waals surface area (Å²) in [5.74, 6) is -1.90. The molecule has 1 aromatic heterocycles. The number of aromatic amines is 1. The van der Waals surface area contributed by atoms with Gasteiger partial charge in [0.15, 0.2) is 6.23 Å². The summed E-state index contributed by atoms with van der Waals surface area (Å²) in [6.07, 6.45) is -4.02. The lowest BCUT2D eigenvalue weighted by molar-refractivity contribution is -0.149. The number of alkyl halides is 1. The van der Waals surface area contributed by atoms with Gasteiger partial charge in [-0.05, 0) is 39.8 Å². The predicted octanol–water partition coefficient (Wildman–Crippen LogP) is 2.06. The third-order valence-corrected chi connectivity index (χ3v) is 7.38. The highest BCUT2D eigenvalue weighted by molar-refractivity contribution is 7.52. The van der Waals surface area contributed by atoms with Gasteiger partial charge in [-0.3, -0.25) is 23.7 Å². The van der Waals surface area contributed by atoms with Crippen molar-refractivity contribution in [2.75, 3.05) is 6.61 Å². The van der Waals surface area contributed by atoms with Crippen LogP contribution in [0, 0.1) is 5.82 Å². The number of aliphatic hydroxyl groups excluding tert-OH is 1. The Kier molecular flexibility index (Phi) is 8.99. The molecule has 2 aromatic rings. The predicted molar refractivity (Wildman–Crippen MR) is 130 cm³/mol. The van der Waals surface area contributed by atoms with Crippen LogP contribution in [0.15, 0.2) is 46.1 Å². The molecular formula is C22H28ClFN3O9P. The summed E-state index contributed by atoms with van der Waals surface area (Å²) in [4.78, 5) is 36.2. The third kappa shape index (κ3) is 6.67. The van der Waals surface area contributed by atoms with Crippen molar-refractivity contribution in [2.24, 2.45) is 0 Å². The molecule has 1 unspecified atom stereocenters. The molecule has 1 aliphatic rings. The molecule has 2 heterocycles. The van der Waals surface area contributed by atoms with E-state index in [0.717, 1.165) is 0 Å². The highest BCUT2D eigenvalue weighted by Crippen LogP contribution is 2.53. The van der Waals surface area contributed by atoms with Gasteiger partial charge in [0.2, 0.25) is 5.82 Å². The number of aliphatic hydroxyl groups is 1. The van der Waals surface area contributed by atoms with Gasteiger partial charge in [-0.15, -0.1) is 11.6 Å². The van der Waals surface area contributed by atoms with Crippen molar-refractivity contribution in [1.82, 2.24) is 14.6 Å². The van der Waals surface area contributed by atoms with Crippen molar-refractivity contribution >= 4 is 25.3 Å². The molecule has 12 nitrogen and oxygen atoms in total. The number of H-pyrrole nitrogens is 1. The number of hydrogen-bond donors (Lipinski definition) is 3. The zero-order valence-electron chi connectivity index (χ0n) is 20.4. The summed E-state index contributed by atoms with van der Waals surface area (Å²) in [5, 5.41) is 12.5. The van der Waals surface area contributed by atoms with Crippen LogP contribution in [0.5, 0.6) is 5.75 Å². The molecule has 37 heavy (non-hydrogen) atoms. The number of halogens is 2. The van der Waals surface area contributed by atoms with Crippen LogP contribution in [0.2, 0.25) is 0 Å². The van der Waals surface area contributed by atoms with E-state index in [-0.39, 0.29) is 5.75 Å². The van der Waals surface area contributed by atoms with E-state index in [0.29, 0.717) is 10.8 Å². The van der Waals surface area contributed by atoms with E-state index in [1.165, 1.54) is 26.0 Å². The zero-order chi connectivity index (χ0) is 27.5. The monoisotopic (exact) mass is 563 g/mol. The van der Waals surface area contributed by atoms with Crippen molar-refractivity contribution in [3.05, 3.63) is 63.2 Å². The number of aromatic nitrogens is 2. The summed E-state index contributed by atoms with van der Waals surface area (Å²) in [6.45, 7) is 5.31. The summed E-state index contributed by atoms with van der Waals surface area (Å²) in [6, 6.07) is 6.75. The minimum absolute atomic E-state index is 0.119. The van der Waals surface area contributed by atoms with Crippen molar-refractivity contribution in [3.8, 4) is 5.75 Å². The molecule has 3 rings (SSSR count). The van der Waals surface area contributed by atoms with Crippen molar-refractivity contribution in [2.45, 2.75) is 63.2 Å². The van der Waals surface area contributed by atoms with Crippen LogP contribution < -0.4 is 20.9 Å². The Morgan fingerprint density at radius 2 is 1.97 bits per heavy atom. The zero-order valence-corrected chi connectivity index (χ0v) is 22.1. The molecule has 1 aromatic carbocycles. The number of nitrogens with zero attached hydrogens (tertiary/aromatic N) is 1. The van der Waals surface area contributed by atoms with Gasteiger partial charge in [0.1, 0.15) is 28.9 Å². The molecule has 0 aliphatic carbocycles. The number of carbonyl (C=O) groups excluding carboxylic acids is 1. The smallest absolute Gasteiger partial charge is 0.459 e. The molecule has 0 spiro atoms. The molecule has 0 radical (unpaired) electrons. The van der Waals surface area contributed by atoms with Gasteiger partial charge in [0.05, 0.1) is 18.9 Å². The summed E-state index contributed by atoms with van der Waals surface area (Å²) >= 11 is 6.72. The quantitative estimate of drug-likeness (QED) is 0.222. The lowest BCUT2D eigenvalue weighted by Gasteiger charge is -2.32. The fourth-order valence-corrected chi connectivity index (χ4v) is 5.82. The van der Waals surface area contributed by atoms with Crippen LogP contribution in [0.4, 0.5) is 4.39 Å². The van der Waals surface area contributed by atoms with Gasteiger partial charge in [0.25, 0.3) is 5.56 Å². The van der Waals surface area contributed by atoms with Gasteiger partial charge in [-0.25, -0.2) is 9.36 Å². The highest BCUT2D eigenvalue weighted by atomic mass is 35.5. The minimum Gasteiger partial charge on any atom is -0.462 e. The fraction of sp³-hybridized carbons (Fsp3) is 0.500. The summed E-state index contributed by atoms with van der Waals surface area (Å²) in [7, 11) is -4.47. The molecule has 1 aliphatic heterocycles. The number of ether oxygens (including phenoxy) is 2. The van der Waals surface area contributed by atoms with Gasteiger partial charge in [-0.1, -0.05) is 18.2 Å². The minimum atomic E-state index is -4.47. The molecule has 0 bridgehead atoms. The van der Waals surface area contributed by atoms with Crippen LogP contribution in [0.3, 0.4) is 0 Å². The normalized spacial score (nSPS) is 26.0. The van der Waals surface area contributed by atoms with Crippen molar-refractivity contribution in [3.63, 3.8) is 0 Å². The molecule has 204 valence electrons. The van der Waals surface area contributed by atoms with E-state index in [9.17, 15) is 28.4 Å². The first kappa shape index (κ1) is 29.0. The van der Waals surface area contributed by atoms with E-state index < -0.39 is 72.8 Å². The number of nitrogens with one attached hydrogen (secondary N) is 2. The van der Waals surface area contributed by atoms with Gasteiger partial charge in [0, 0.05) is 0 Å². The van der Waals surface area contributed by atoms with Gasteiger partial charge in [-0.2, -0.15) is 9.48 Å². The van der Waals surface area contributed by atoms with Crippen molar-refractivity contribution in [1.29, 1.82) is 0 Å². The molecule has 6 atom stereocenters. The number of rotatable bonds is 10. The number of hydrogen-bond acceptors (Lipinski definition) is 9. The number of para-hydroxylation sites is 1. The van der Waals surface area contributed by atoms with E-state index in [2.05, 4.69) is 5.09 Å². The Balaban J connectivity index is 1.97. The molecule has 15 heteroatoms. The average molecular weight is 564 g/mol. The first-order chi connectivity index (χ1) is 17.3. The van der Waals surface area contributed by atoms with E-state index in [1.54, 1.807) is 37.0 Å². The first-order valence-corrected chi connectivity index (χ1v) is 13.2. The topological polar surface area (TPSA) is 158 Å². The fourth-order valence-electron chi connectivity index (χ4n) is 3.63. The van der Waals surface area contributed by atoms with Gasteiger partial charge >= 0.3 is 19.4 Å². The second kappa shape index (κ2) is 11.5. The maximum absolute atomic E-state index is 14.0. The van der Waals surface area contributed by atoms with E-state index in [1.807, 2.05) is 0 Å². The van der Waals surface area contributed by atoms with Crippen LogP contribution in [0.1, 0.15) is 33.9 Å². The Bertz CT molecular complexity index is 1270. The maximum Gasteiger partial charge on any atom is 0.459 e. The van der Waals surface area contributed by atoms with E-state index in [4.69, 9.17) is 30.1 Å². The molecule has 3 N–H and O–H groups in total. The van der Waals surface area contributed by atoms with Gasteiger partial charge < -0.3 is 19.1 Å². The molecular weight excluding hydrogens is 536 g/mol. The van der Waals surface area contributed by atoms with Crippen LogP contribution in [0.25, 0.3) is 0 Å². The van der Waals surface area contributed by atoms with E-state index >= 15 is 0 Å². The maximum atomic E-state index is 14.0. The second-order valence-electron chi connectivity index (χ2n) is 8.77. The Hall–Kier alpha value is -2.54. The van der Waals surface area contributed by atoms with Crippen LogP contribution >= 0.6 is 19.3 Å². The second-order valence-corrected chi connectivity index (χ2v) is 11.2. The van der Waals surface area contributed by atoms with Crippen LogP contribution in [-0.2, 0) is 23.4 Å². The first-order valence-electron chi connectivity index (χ1n) is 11.2. The number of esters is 1. The standard InChI is InChI=1S/C22H28ClFN3O9P/c1-12(2)33-19(30)13(3)26-37(32,35-14-8-6-5-7-9-14)36-17-16(11-28)34-20(22(17,4)23)27-10-15(24)18(29)25-21(27)31/h5-10,12-13,16-17,20,28H,11H2,1-4H3,(H,26,32)(H,25,29,31)/t13-,16-,17-,20-,22-,37?/m1/s1. The SMILES string of the molecule is CC(C)OC(=O)[C@@H](C)NP(=O)(Oc1ccccc1)O[C@@H]1[C@@H](CO)O[C@@H](n2cc(F)c(=O)[nH]c2=O)[C@]1(C)Cl. The molecule has 1 fully saturated rings. The highest BCUT2D eigenvalue weighted by Gasteiger charge is 2.57. The molecule has 0 saturated carbocycles. The lowest BCUT2D eigenvalue weighted by Crippen LogP contribution is -2.46. The molecule has 1 saturated heterocycles. The molecule has 0 amide bonds. The van der Waals surface area contributed by atoms with Crippen molar-refractivity contribution < 1.29 is 37.4 Å². The summed E-state index contributed by atoms with van der Waals surface area (Å²) < 4.78 is 50.9. The average Bonchev–Trinajstić information content (AvgIpc) is 3.05. The largest absolute Gasteiger partial charge is 0.462 e.